The number of hydrogen-bond donors (Lipinski definition) is 1. The van der Waals surface area contributed by atoms with Gasteiger partial charge in [-0.25, -0.2) is 4.98 Å². The van der Waals surface area contributed by atoms with Crippen molar-refractivity contribution in [3.8, 4) is 0 Å². The van der Waals surface area contributed by atoms with Gasteiger partial charge in [0.2, 0.25) is 11.8 Å². The minimum absolute atomic E-state index is 0.178. The number of para-hydroxylation sites is 2. The molecule has 1 aliphatic carbocycles. The van der Waals surface area contributed by atoms with E-state index in [4.69, 9.17) is 0 Å². The lowest BCUT2D eigenvalue weighted by molar-refractivity contribution is -0.136. The van der Waals surface area contributed by atoms with Gasteiger partial charge in [0.1, 0.15) is 6.04 Å². The molecule has 31 heavy (non-hydrogen) atoms. The van der Waals surface area contributed by atoms with Crippen LogP contribution in [0.5, 0.6) is 0 Å². The number of nitrogens with one attached hydrogen (secondary N) is 1. The lowest BCUT2D eigenvalue weighted by Gasteiger charge is -2.42. The van der Waals surface area contributed by atoms with Crippen molar-refractivity contribution < 1.29 is 9.59 Å². The van der Waals surface area contributed by atoms with Gasteiger partial charge in [-0.15, -0.1) is 0 Å². The molecule has 2 aromatic rings. The number of imidazole rings is 1. The van der Waals surface area contributed by atoms with E-state index in [1.54, 1.807) is 6.33 Å². The molecule has 1 atom stereocenters. The van der Waals surface area contributed by atoms with Crippen LogP contribution in [0, 0.1) is 5.92 Å². The molecule has 3 aliphatic rings. The zero-order chi connectivity index (χ0) is 21.4. The Labute approximate surface area is 183 Å². The third kappa shape index (κ3) is 4.33. The van der Waals surface area contributed by atoms with Gasteiger partial charge in [0.25, 0.3) is 0 Å². The maximum atomic E-state index is 13.2. The van der Waals surface area contributed by atoms with Crippen LogP contribution in [0.25, 0.3) is 11.0 Å². The smallest absolute Gasteiger partial charge is 0.245 e. The van der Waals surface area contributed by atoms with Crippen LogP contribution >= 0.6 is 0 Å². The number of aromatic nitrogens is 2. The monoisotopic (exact) mass is 423 g/mol. The van der Waals surface area contributed by atoms with Gasteiger partial charge in [-0.05, 0) is 70.7 Å². The Kier molecular flexibility index (Phi) is 5.69. The fraction of sp³-hybridized carbons (Fsp3) is 0.625. The van der Waals surface area contributed by atoms with Crippen molar-refractivity contribution in [2.24, 2.45) is 5.92 Å². The zero-order valence-corrected chi connectivity index (χ0v) is 18.4. The normalized spacial score (nSPS) is 22.5. The Morgan fingerprint density at radius 1 is 1.00 bits per heavy atom. The maximum absolute atomic E-state index is 13.2. The molecule has 0 spiro atoms. The average Bonchev–Trinajstić information content (AvgIpc) is 3.53. The van der Waals surface area contributed by atoms with Gasteiger partial charge in [-0.3, -0.25) is 9.59 Å². The summed E-state index contributed by atoms with van der Waals surface area (Å²) in [6.07, 6.45) is 8.04. The number of likely N-dealkylation sites (tertiary alicyclic amines) is 2. The quantitative estimate of drug-likeness (QED) is 0.803. The van der Waals surface area contributed by atoms with Gasteiger partial charge in [0.15, 0.2) is 0 Å². The number of nitrogens with zero attached hydrogens (tertiary/aromatic N) is 4. The maximum Gasteiger partial charge on any atom is 0.245 e. The van der Waals surface area contributed by atoms with Crippen LogP contribution in [0.4, 0.5) is 0 Å². The summed E-state index contributed by atoms with van der Waals surface area (Å²) in [6.45, 7) is 5.59. The van der Waals surface area contributed by atoms with Gasteiger partial charge in [0.05, 0.1) is 17.4 Å². The number of benzene rings is 1. The first-order valence-electron chi connectivity index (χ1n) is 11.8. The molecule has 2 aliphatic heterocycles. The van der Waals surface area contributed by atoms with Crippen molar-refractivity contribution >= 4 is 22.8 Å². The summed E-state index contributed by atoms with van der Waals surface area (Å²) >= 11 is 0. The second-order valence-corrected chi connectivity index (χ2v) is 9.47. The molecule has 1 N–H and O–H groups in total. The van der Waals surface area contributed by atoms with Crippen molar-refractivity contribution in [1.82, 2.24) is 24.7 Å². The van der Waals surface area contributed by atoms with E-state index < -0.39 is 0 Å². The molecular weight excluding hydrogens is 390 g/mol. The van der Waals surface area contributed by atoms with E-state index in [2.05, 4.69) is 15.2 Å². The minimum atomic E-state index is -0.246. The topological polar surface area (TPSA) is 70.5 Å². The number of carbonyl (C=O) groups excluding carboxylic acids is 2. The molecule has 3 heterocycles. The molecule has 2 saturated heterocycles. The molecule has 1 aromatic heterocycles. The summed E-state index contributed by atoms with van der Waals surface area (Å²) in [4.78, 5) is 34.5. The molecule has 166 valence electrons. The molecule has 0 unspecified atom stereocenters. The van der Waals surface area contributed by atoms with Crippen molar-refractivity contribution in [3.05, 3.63) is 30.6 Å². The van der Waals surface area contributed by atoms with E-state index in [9.17, 15) is 9.59 Å². The third-order valence-electron chi connectivity index (χ3n) is 7.37. The minimum Gasteiger partial charge on any atom is -0.353 e. The van der Waals surface area contributed by atoms with Crippen LogP contribution in [0.3, 0.4) is 0 Å². The molecule has 1 saturated carbocycles. The second-order valence-electron chi connectivity index (χ2n) is 9.47. The van der Waals surface area contributed by atoms with E-state index in [-0.39, 0.29) is 23.8 Å². The molecule has 1 aromatic carbocycles. The van der Waals surface area contributed by atoms with E-state index in [0.717, 1.165) is 75.7 Å². The Balaban J connectivity index is 1.12. The summed E-state index contributed by atoms with van der Waals surface area (Å²) in [7, 11) is 0. The molecule has 0 bridgehead atoms. The summed E-state index contributed by atoms with van der Waals surface area (Å²) in [5, 5.41) is 3.16. The lowest BCUT2D eigenvalue weighted by Crippen LogP contribution is -2.51. The fourth-order valence-electron chi connectivity index (χ4n) is 5.20. The molecule has 2 amide bonds. The largest absolute Gasteiger partial charge is 0.353 e. The highest BCUT2D eigenvalue weighted by atomic mass is 16.2. The Bertz CT molecular complexity index is 936. The summed E-state index contributed by atoms with van der Waals surface area (Å²) in [5.41, 5.74) is 1.93. The Morgan fingerprint density at radius 3 is 2.42 bits per heavy atom. The second kappa shape index (κ2) is 8.61. The highest BCUT2D eigenvalue weighted by Crippen LogP contribution is 2.27. The van der Waals surface area contributed by atoms with Crippen LogP contribution in [-0.4, -0.2) is 69.4 Å². The van der Waals surface area contributed by atoms with Gasteiger partial charge < -0.3 is 19.7 Å². The zero-order valence-electron chi connectivity index (χ0n) is 18.4. The predicted molar refractivity (Wildman–Crippen MR) is 120 cm³/mol. The lowest BCUT2D eigenvalue weighted by atomic mass is 9.92. The highest BCUT2D eigenvalue weighted by molar-refractivity contribution is 5.83. The van der Waals surface area contributed by atoms with Crippen LogP contribution in [0.2, 0.25) is 0 Å². The van der Waals surface area contributed by atoms with Crippen LogP contribution in [-0.2, 0) is 9.59 Å². The predicted octanol–water partition coefficient (Wildman–Crippen LogP) is 2.58. The summed E-state index contributed by atoms with van der Waals surface area (Å²) in [5.74, 6) is 0.630. The molecule has 0 radical (unpaired) electrons. The molecule has 3 fully saturated rings. The fourth-order valence-corrected chi connectivity index (χ4v) is 5.20. The van der Waals surface area contributed by atoms with Crippen LogP contribution < -0.4 is 5.32 Å². The number of hydrogen-bond acceptors (Lipinski definition) is 4. The van der Waals surface area contributed by atoms with E-state index >= 15 is 0 Å². The highest BCUT2D eigenvalue weighted by Gasteiger charge is 2.34. The summed E-state index contributed by atoms with van der Waals surface area (Å²) in [6, 6.07) is 8.70. The van der Waals surface area contributed by atoms with E-state index in [0.29, 0.717) is 12.1 Å². The van der Waals surface area contributed by atoms with Crippen molar-refractivity contribution in [1.29, 1.82) is 0 Å². The third-order valence-corrected chi connectivity index (χ3v) is 7.37. The summed E-state index contributed by atoms with van der Waals surface area (Å²) < 4.78 is 1.99. The van der Waals surface area contributed by atoms with Crippen molar-refractivity contribution in [2.75, 3.05) is 26.2 Å². The van der Waals surface area contributed by atoms with Gasteiger partial charge in [-0.1, -0.05) is 12.1 Å². The van der Waals surface area contributed by atoms with Gasteiger partial charge >= 0.3 is 0 Å². The SMILES string of the molecule is C[C@@H](C(=O)N1CCC(N2CCC(C(=O)NC3CC3)CC2)CC1)n1cnc2ccccc21. The van der Waals surface area contributed by atoms with Gasteiger partial charge in [0, 0.05) is 31.1 Å². The molecule has 7 heteroatoms. The van der Waals surface area contributed by atoms with Crippen LogP contribution in [0.1, 0.15) is 51.5 Å². The molecule has 5 rings (SSSR count). The number of fused-ring (bicyclic) bond motifs is 1. The number of piperidine rings is 2. The molecule has 7 nitrogen and oxygen atoms in total. The van der Waals surface area contributed by atoms with Gasteiger partial charge in [-0.2, -0.15) is 0 Å². The standard InChI is InChI=1S/C24H33N5O2/c1-17(29-16-25-21-4-2-3-5-22(21)29)24(31)28-14-10-20(11-15-28)27-12-8-18(9-13-27)23(30)26-19-6-7-19/h2-5,16-20H,6-15H2,1H3,(H,26,30)/t17-/m0/s1. The average molecular weight is 424 g/mol. The van der Waals surface area contributed by atoms with E-state index in [1.807, 2.05) is 40.7 Å². The molecular formula is C24H33N5O2. The van der Waals surface area contributed by atoms with E-state index in [1.165, 1.54) is 0 Å². The van der Waals surface area contributed by atoms with Crippen molar-refractivity contribution in [2.45, 2.75) is 63.6 Å². The first-order valence-corrected chi connectivity index (χ1v) is 11.8. The van der Waals surface area contributed by atoms with Crippen LogP contribution in [0.15, 0.2) is 30.6 Å². The Morgan fingerprint density at radius 2 is 1.71 bits per heavy atom. The first kappa shape index (κ1) is 20.5. The Hall–Kier alpha value is -2.41. The number of rotatable bonds is 5. The number of carbonyl (C=O) groups is 2. The first-order chi connectivity index (χ1) is 15.1. The van der Waals surface area contributed by atoms with Crippen molar-refractivity contribution in [3.63, 3.8) is 0 Å². The number of amides is 2.